The number of likely N-dealkylation sites (tertiary alicyclic amines) is 1. The summed E-state index contributed by atoms with van der Waals surface area (Å²) >= 11 is 0. The number of halogens is 1. The molecule has 2 fully saturated rings. The number of anilines is 2. The van der Waals surface area contributed by atoms with Gasteiger partial charge in [-0.3, -0.25) is 24.2 Å². The van der Waals surface area contributed by atoms with Gasteiger partial charge in [0.25, 0.3) is 5.91 Å². The summed E-state index contributed by atoms with van der Waals surface area (Å²) in [6.07, 6.45) is 4.68. The monoisotopic (exact) mass is 893 g/mol. The molecule has 4 amide bonds. The first-order valence-electron chi connectivity index (χ1n) is 21.6. The molecule has 0 radical (unpaired) electrons. The number of ether oxygens (including phenoxy) is 3. The highest BCUT2D eigenvalue weighted by atomic mass is 19.1. The summed E-state index contributed by atoms with van der Waals surface area (Å²) in [6, 6.07) is 14.1. The molecule has 65 heavy (non-hydrogen) atoms. The number of nitriles is 1. The van der Waals surface area contributed by atoms with Crippen LogP contribution < -0.4 is 20.3 Å². The molecule has 3 atom stereocenters. The topological polar surface area (TPSA) is 212 Å². The number of methoxy groups -OCH3 is 1. The van der Waals surface area contributed by atoms with Gasteiger partial charge in [-0.05, 0) is 60.7 Å². The highest BCUT2D eigenvalue weighted by molar-refractivity contribution is 6.05. The van der Waals surface area contributed by atoms with Crippen molar-refractivity contribution in [3.8, 4) is 34.3 Å². The lowest BCUT2D eigenvalue weighted by Crippen LogP contribution is -2.55. The Morgan fingerprint density at radius 1 is 0.985 bits per heavy atom. The number of rotatable bonds is 17. The maximum Gasteiger partial charge on any atom is 0.274 e. The van der Waals surface area contributed by atoms with E-state index in [-0.39, 0.29) is 92.4 Å². The molecule has 0 bridgehead atoms. The molecule has 0 spiro atoms. The van der Waals surface area contributed by atoms with Gasteiger partial charge in [-0.25, -0.2) is 14.4 Å². The largest absolute Gasteiger partial charge is 0.496 e. The summed E-state index contributed by atoms with van der Waals surface area (Å²) < 4.78 is 31.5. The van der Waals surface area contributed by atoms with E-state index in [1.165, 1.54) is 31.5 Å². The number of hydrogen-bond acceptors (Lipinski definition) is 13. The van der Waals surface area contributed by atoms with Crippen molar-refractivity contribution in [1.82, 2.24) is 30.1 Å². The van der Waals surface area contributed by atoms with E-state index in [0.717, 1.165) is 0 Å². The summed E-state index contributed by atoms with van der Waals surface area (Å²) in [7, 11) is 1.41. The van der Waals surface area contributed by atoms with E-state index >= 15 is 0 Å². The molecule has 4 heterocycles. The molecule has 344 valence electrons. The van der Waals surface area contributed by atoms with E-state index in [4.69, 9.17) is 14.2 Å². The molecule has 0 aliphatic carbocycles. The molecule has 18 heteroatoms. The van der Waals surface area contributed by atoms with Crippen LogP contribution in [0.5, 0.6) is 5.75 Å². The third kappa shape index (κ3) is 12.2. The molecule has 4 aromatic rings. The molecular formula is C47H56FN9O8. The van der Waals surface area contributed by atoms with Gasteiger partial charge in [0, 0.05) is 69.3 Å². The standard InChI is InChI=1S/C47H56FN9O8/c1-30-25-33(58)29-57(30)46(62)43(47(2,3)4)54-40(59)13-21-64-23-24-65-22-14-41(60)56-19-17-55(18-20-56)38-26-31(34-28-50-15-11-32(34)27-49)9-10-36(38)53-45(61)37-12-16-51-44(52-37)42-35(48)7-6-8-39(42)63-5/h6-12,15-16,26,28,30,33,43,58H,13-14,17-25,29H2,1-5H3,(H,53,61)(H,54,59)/t30-,33-,43-/m1/s1. The van der Waals surface area contributed by atoms with Crippen molar-refractivity contribution in [2.75, 3.05) is 76.5 Å². The van der Waals surface area contributed by atoms with Crippen molar-refractivity contribution >= 4 is 35.0 Å². The van der Waals surface area contributed by atoms with E-state index in [1.807, 2.05) is 33.8 Å². The molecule has 2 aromatic heterocycles. The Morgan fingerprint density at radius 3 is 2.40 bits per heavy atom. The van der Waals surface area contributed by atoms with Gasteiger partial charge in [0.1, 0.15) is 23.3 Å². The van der Waals surface area contributed by atoms with Crippen LogP contribution in [0.2, 0.25) is 0 Å². The fourth-order valence-electron chi connectivity index (χ4n) is 7.83. The molecule has 17 nitrogen and oxygen atoms in total. The SMILES string of the molecule is COc1cccc(F)c1-c1nccc(C(=O)Nc2ccc(-c3cnccc3C#N)cc2N2CCN(C(=O)CCOCCOCCC(=O)N[C@H](C(=O)N3C[C@H](O)C[C@H]3C)C(C)(C)C)CC2)n1. The Bertz CT molecular complexity index is 2380. The number of aliphatic hydroxyl groups excluding tert-OH is 1. The normalized spacial score (nSPS) is 16.7. The highest BCUT2D eigenvalue weighted by Gasteiger charge is 2.40. The van der Waals surface area contributed by atoms with Crippen LogP contribution in [0.4, 0.5) is 15.8 Å². The van der Waals surface area contributed by atoms with Crippen LogP contribution >= 0.6 is 0 Å². The number of pyridine rings is 1. The molecule has 3 N–H and O–H groups in total. The fourth-order valence-corrected chi connectivity index (χ4v) is 7.83. The Kier molecular flexibility index (Phi) is 16.1. The number of carbonyl (C=O) groups is 4. The Labute approximate surface area is 377 Å². The van der Waals surface area contributed by atoms with E-state index in [1.54, 1.807) is 46.5 Å². The zero-order valence-corrected chi connectivity index (χ0v) is 37.4. The minimum absolute atomic E-state index is 0.00398. The van der Waals surface area contributed by atoms with Crippen molar-refractivity contribution in [3.63, 3.8) is 0 Å². The lowest BCUT2D eigenvalue weighted by atomic mass is 9.85. The number of aliphatic hydroxyl groups is 1. The van der Waals surface area contributed by atoms with E-state index in [2.05, 4.69) is 36.6 Å². The second kappa shape index (κ2) is 21.9. The van der Waals surface area contributed by atoms with Gasteiger partial charge < -0.3 is 44.7 Å². The minimum Gasteiger partial charge on any atom is -0.496 e. The number of β-amino-alcohol motifs (C(OH)–C–C–N with tert-alkyl or cyclic N) is 1. The van der Waals surface area contributed by atoms with Gasteiger partial charge in [0.05, 0.1) is 74.6 Å². The van der Waals surface area contributed by atoms with E-state index in [0.29, 0.717) is 60.7 Å². The zero-order valence-electron chi connectivity index (χ0n) is 37.4. The summed E-state index contributed by atoms with van der Waals surface area (Å²) in [5.74, 6) is -1.56. The van der Waals surface area contributed by atoms with Gasteiger partial charge in [0.15, 0.2) is 5.82 Å². The highest BCUT2D eigenvalue weighted by Crippen LogP contribution is 2.35. The number of nitrogens with one attached hydrogen (secondary N) is 2. The lowest BCUT2D eigenvalue weighted by Gasteiger charge is -2.37. The molecule has 0 unspecified atom stereocenters. The summed E-state index contributed by atoms with van der Waals surface area (Å²) in [4.78, 5) is 71.2. The number of hydrogen-bond donors (Lipinski definition) is 3. The van der Waals surface area contributed by atoms with Crippen molar-refractivity contribution in [3.05, 3.63) is 84.2 Å². The quantitative estimate of drug-likeness (QED) is 0.125. The first-order valence-corrected chi connectivity index (χ1v) is 21.6. The Morgan fingerprint density at radius 2 is 1.72 bits per heavy atom. The molecule has 2 aliphatic heterocycles. The van der Waals surface area contributed by atoms with Crippen molar-refractivity contribution in [2.45, 2.75) is 65.1 Å². The molecule has 2 aliphatic rings. The fraction of sp³-hybridized carbons (Fsp3) is 0.447. The molecular weight excluding hydrogens is 838 g/mol. The maximum atomic E-state index is 14.9. The first-order chi connectivity index (χ1) is 31.2. The molecule has 2 saturated heterocycles. The predicted molar refractivity (Wildman–Crippen MR) is 239 cm³/mol. The van der Waals surface area contributed by atoms with Crippen LogP contribution in [-0.4, -0.2) is 138 Å². The predicted octanol–water partition coefficient (Wildman–Crippen LogP) is 4.45. The average Bonchev–Trinajstić information content (AvgIpc) is 3.65. The average molecular weight is 894 g/mol. The van der Waals surface area contributed by atoms with Gasteiger partial charge >= 0.3 is 0 Å². The van der Waals surface area contributed by atoms with Crippen LogP contribution in [-0.2, 0) is 23.9 Å². The van der Waals surface area contributed by atoms with Gasteiger partial charge in [-0.1, -0.05) is 32.9 Å². The van der Waals surface area contributed by atoms with E-state index < -0.39 is 29.3 Å². The Balaban J connectivity index is 0.995. The van der Waals surface area contributed by atoms with Crippen LogP contribution in [0.3, 0.4) is 0 Å². The number of amides is 4. The molecule has 6 rings (SSSR count). The maximum absolute atomic E-state index is 14.9. The molecule has 2 aromatic carbocycles. The molecule has 0 saturated carbocycles. The minimum atomic E-state index is -0.745. The number of nitrogens with zero attached hydrogens (tertiary/aromatic N) is 7. The van der Waals surface area contributed by atoms with Crippen LogP contribution in [0.25, 0.3) is 22.5 Å². The van der Waals surface area contributed by atoms with Crippen molar-refractivity contribution in [2.24, 2.45) is 5.41 Å². The van der Waals surface area contributed by atoms with Gasteiger partial charge in [0.2, 0.25) is 17.7 Å². The number of piperazine rings is 1. The zero-order chi connectivity index (χ0) is 46.7. The summed E-state index contributed by atoms with van der Waals surface area (Å²) in [6.45, 7) is 10.2. The van der Waals surface area contributed by atoms with Crippen LogP contribution in [0, 0.1) is 22.6 Å². The number of aromatic nitrogens is 3. The van der Waals surface area contributed by atoms with Crippen LogP contribution in [0.1, 0.15) is 63.0 Å². The lowest BCUT2D eigenvalue weighted by molar-refractivity contribution is -0.140. The number of carbonyl (C=O) groups excluding carboxylic acids is 4. The first kappa shape index (κ1) is 47.9. The van der Waals surface area contributed by atoms with Gasteiger partial charge in [-0.15, -0.1) is 0 Å². The third-order valence-corrected chi connectivity index (χ3v) is 11.3. The van der Waals surface area contributed by atoms with Crippen molar-refractivity contribution < 1.29 is 42.9 Å². The van der Waals surface area contributed by atoms with Gasteiger partial charge in [-0.2, -0.15) is 5.26 Å². The summed E-state index contributed by atoms with van der Waals surface area (Å²) in [5.41, 5.74) is 2.35. The second-order valence-corrected chi connectivity index (χ2v) is 17.0. The summed E-state index contributed by atoms with van der Waals surface area (Å²) in [5, 5.41) is 25.6. The second-order valence-electron chi connectivity index (χ2n) is 17.0. The third-order valence-electron chi connectivity index (χ3n) is 11.3. The van der Waals surface area contributed by atoms with Crippen LogP contribution in [0.15, 0.2) is 67.1 Å². The smallest absolute Gasteiger partial charge is 0.274 e. The number of benzene rings is 2. The van der Waals surface area contributed by atoms with E-state index in [9.17, 15) is 33.9 Å². The Hall–Kier alpha value is -6.55. The van der Waals surface area contributed by atoms with Crippen molar-refractivity contribution in [1.29, 1.82) is 5.26 Å².